The number of aromatic hydroxyl groups is 1. The topological polar surface area (TPSA) is 49.3 Å². The number of phenols is 1. The highest BCUT2D eigenvalue weighted by molar-refractivity contribution is 5.94. The van der Waals surface area contributed by atoms with Crippen LogP contribution < -0.4 is 5.32 Å². The molecule has 0 aromatic heterocycles. The number of carbonyl (C=O) groups excluding carboxylic acids is 1. The molecule has 1 aliphatic rings. The van der Waals surface area contributed by atoms with Gasteiger partial charge in [0.05, 0.1) is 0 Å². The summed E-state index contributed by atoms with van der Waals surface area (Å²) in [5.41, 5.74) is 0.825. The lowest BCUT2D eigenvalue weighted by Crippen LogP contribution is -2.28. The Morgan fingerprint density at radius 1 is 1.53 bits per heavy atom. The highest BCUT2D eigenvalue weighted by Gasteiger charge is 2.37. The summed E-state index contributed by atoms with van der Waals surface area (Å²) >= 11 is 0. The average Bonchev–Trinajstić information content (AvgIpc) is 2.94. The first-order valence-electron chi connectivity index (χ1n) is 5.16. The largest absolute Gasteiger partial charge is 0.508 e. The van der Waals surface area contributed by atoms with Crippen molar-refractivity contribution in [3.8, 4) is 5.75 Å². The van der Waals surface area contributed by atoms with Crippen LogP contribution in [0, 0.1) is 5.41 Å². The smallest absolute Gasteiger partial charge is 0.251 e. The number of nitrogens with one attached hydrogen (secondary N) is 1. The molecular formula is C12H15NO2. The Hall–Kier alpha value is -1.51. The number of rotatable bonds is 3. The molecule has 1 fully saturated rings. The number of carbonyl (C=O) groups is 1. The van der Waals surface area contributed by atoms with E-state index in [2.05, 4.69) is 12.2 Å². The van der Waals surface area contributed by atoms with E-state index in [4.69, 9.17) is 0 Å². The fourth-order valence-corrected chi connectivity index (χ4v) is 1.43. The molecule has 1 aromatic rings. The van der Waals surface area contributed by atoms with Gasteiger partial charge in [0.25, 0.3) is 5.91 Å². The van der Waals surface area contributed by atoms with Crippen molar-refractivity contribution in [1.82, 2.24) is 5.32 Å². The van der Waals surface area contributed by atoms with Gasteiger partial charge in [0.15, 0.2) is 0 Å². The summed E-state index contributed by atoms with van der Waals surface area (Å²) in [6.07, 6.45) is 2.38. The number of amides is 1. The van der Waals surface area contributed by atoms with Gasteiger partial charge in [-0.15, -0.1) is 0 Å². The second-order valence-corrected chi connectivity index (χ2v) is 4.54. The fourth-order valence-electron chi connectivity index (χ4n) is 1.43. The number of hydrogen-bond acceptors (Lipinski definition) is 2. The highest BCUT2D eigenvalue weighted by atomic mass is 16.3. The summed E-state index contributed by atoms with van der Waals surface area (Å²) < 4.78 is 0. The first-order valence-corrected chi connectivity index (χ1v) is 5.16. The second-order valence-electron chi connectivity index (χ2n) is 4.54. The molecule has 3 heteroatoms. The SMILES string of the molecule is CC1(CNC(=O)c2cccc(O)c2)CC1. The fraction of sp³-hybridized carbons (Fsp3) is 0.417. The lowest BCUT2D eigenvalue weighted by molar-refractivity contribution is 0.0945. The van der Waals surface area contributed by atoms with E-state index < -0.39 is 0 Å². The van der Waals surface area contributed by atoms with Gasteiger partial charge in [-0.3, -0.25) is 4.79 Å². The van der Waals surface area contributed by atoms with Crippen molar-refractivity contribution in [2.24, 2.45) is 5.41 Å². The van der Waals surface area contributed by atoms with Gasteiger partial charge in [-0.05, 0) is 36.5 Å². The van der Waals surface area contributed by atoms with E-state index in [1.54, 1.807) is 18.2 Å². The molecule has 2 rings (SSSR count). The normalized spacial score (nSPS) is 17.1. The van der Waals surface area contributed by atoms with Crippen LogP contribution in [0.15, 0.2) is 24.3 Å². The van der Waals surface area contributed by atoms with E-state index in [9.17, 15) is 9.90 Å². The zero-order valence-electron chi connectivity index (χ0n) is 8.79. The van der Waals surface area contributed by atoms with Crippen molar-refractivity contribution in [2.45, 2.75) is 19.8 Å². The zero-order chi connectivity index (χ0) is 10.9. The van der Waals surface area contributed by atoms with Crippen LogP contribution in [-0.4, -0.2) is 17.6 Å². The van der Waals surface area contributed by atoms with Crippen LogP contribution in [0.2, 0.25) is 0 Å². The van der Waals surface area contributed by atoms with Crippen LogP contribution >= 0.6 is 0 Å². The predicted molar refractivity (Wildman–Crippen MR) is 57.8 cm³/mol. The minimum absolute atomic E-state index is 0.112. The molecule has 3 nitrogen and oxygen atoms in total. The molecule has 1 amide bonds. The first kappa shape index (κ1) is 10.0. The zero-order valence-corrected chi connectivity index (χ0v) is 8.79. The maximum absolute atomic E-state index is 11.6. The number of hydrogen-bond donors (Lipinski definition) is 2. The Labute approximate surface area is 89.1 Å². The third-order valence-corrected chi connectivity index (χ3v) is 2.89. The average molecular weight is 205 g/mol. The van der Waals surface area contributed by atoms with Gasteiger partial charge < -0.3 is 10.4 Å². The quantitative estimate of drug-likeness (QED) is 0.792. The Bertz CT molecular complexity index is 383. The Balaban J connectivity index is 1.95. The van der Waals surface area contributed by atoms with Crippen molar-refractivity contribution < 1.29 is 9.90 Å². The molecule has 0 heterocycles. The first-order chi connectivity index (χ1) is 7.09. The van der Waals surface area contributed by atoms with E-state index in [-0.39, 0.29) is 11.7 Å². The molecule has 0 unspecified atom stereocenters. The number of benzene rings is 1. The van der Waals surface area contributed by atoms with E-state index in [1.165, 1.54) is 18.9 Å². The summed E-state index contributed by atoms with van der Waals surface area (Å²) in [4.78, 5) is 11.6. The lowest BCUT2D eigenvalue weighted by Gasteiger charge is -2.09. The second kappa shape index (κ2) is 3.57. The van der Waals surface area contributed by atoms with E-state index >= 15 is 0 Å². The van der Waals surface area contributed by atoms with Gasteiger partial charge in [-0.2, -0.15) is 0 Å². The predicted octanol–water partition coefficient (Wildman–Crippen LogP) is 1.92. The minimum atomic E-state index is -0.112. The van der Waals surface area contributed by atoms with Crippen LogP contribution in [0.25, 0.3) is 0 Å². The minimum Gasteiger partial charge on any atom is -0.508 e. The van der Waals surface area contributed by atoms with Gasteiger partial charge in [0.1, 0.15) is 5.75 Å². The van der Waals surface area contributed by atoms with E-state index in [1.807, 2.05) is 0 Å². The molecule has 1 aliphatic carbocycles. The van der Waals surface area contributed by atoms with Crippen LogP contribution in [0.4, 0.5) is 0 Å². The van der Waals surface area contributed by atoms with Crippen LogP contribution in [0.3, 0.4) is 0 Å². The Kier molecular flexibility index (Phi) is 2.39. The van der Waals surface area contributed by atoms with E-state index in [0.717, 1.165) is 6.54 Å². The molecule has 0 saturated heterocycles. The number of phenolic OH excluding ortho intramolecular Hbond substituents is 1. The maximum Gasteiger partial charge on any atom is 0.251 e. The Morgan fingerprint density at radius 3 is 2.87 bits per heavy atom. The van der Waals surface area contributed by atoms with Crippen molar-refractivity contribution in [3.05, 3.63) is 29.8 Å². The van der Waals surface area contributed by atoms with Gasteiger partial charge in [0, 0.05) is 12.1 Å². The van der Waals surface area contributed by atoms with Crippen LogP contribution in [-0.2, 0) is 0 Å². The molecule has 0 bridgehead atoms. The molecule has 0 atom stereocenters. The third kappa shape index (κ3) is 2.49. The molecular weight excluding hydrogens is 190 g/mol. The van der Waals surface area contributed by atoms with Crippen LogP contribution in [0.1, 0.15) is 30.1 Å². The molecule has 0 spiro atoms. The highest BCUT2D eigenvalue weighted by Crippen LogP contribution is 2.44. The molecule has 1 saturated carbocycles. The van der Waals surface area contributed by atoms with Crippen LogP contribution in [0.5, 0.6) is 5.75 Å². The summed E-state index contributed by atoms with van der Waals surface area (Å²) in [7, 11) is 0. The monoisotopic (exact) mass is 205 g/mol. The summed E-state index contributed by atoms with van der Waals surface area (Å²) in [6, 6.07) is 6.40. The third-order valence-electron chi connectivity index (χ3n) is 2.89. The van der Waals surface area contributed by atoms with Gasteiger partial charge >= 0.3 is 0 Å². The summed E-state index contributed by atoms with van der Waals surface area (Å²) in [5.74, 6) is 0.0132. The molecule has 15 heavy (non-hydrogen) atoms. The molecule has 2 N–H and O–H groups in total. The molecule has 0 aliphatic heterocycles. The summed E-state index contributed by atoms with van der Waals surface area (Å²) in [5, 5.41) is 12.1. The molecule has 0 radical (unpaired) electrons. The van der Waals surface area contributed by atoms with Crippen molar-refractivity contribution >= 4 is 5.91 Å². The maximum atomic E-state index is 11.6. The lowest BCUT2D eigenvalue weighted by atomic mass is 10.1. The van der Waals surface area contributed by atoms with Crippen molar-refractivity contribution in [2.75, 3.05) is 6.54 Å². The molecule has 80 valence electrons. The van der Waals surface area contributed by atoms with Gasteiger partial charge in [0.2, 0.25) is 0 Å². The summed E-state index contributed by atoms with van der Waals surface area (Å²) in [6.45, 7) is 2.89. The Morgan fingerprint density at radius 2 is 2.27 bits per heavy atom. The van der Waals surface area contributed by atoms with Gasteiger partial charge in [-0.25, -0.2) is 0 Å². The van der Waals surface area contributed by atoms with Crippen molar-refractivity contribution in [1.29, 1.82) is 0 Å². The van der Waals surface area contributed by atoms with Gasteiger partial charge in [-0.1, -0.05) is 13.0 Å². The van der Waals surface area contributed by atoms with E-state index in [0.29, 0.717) is 11.0 Å². The van der Waals surface area contributed by atoms with Crippen molar-refractivity contribution in [3.63, 3.8) is 0 Å². The molecule has 1 aromatic carbocycles. The standard InChI is InChI=1S/C12H15NO2/c1-12(5-6-12)8-13-11(15)9-3-2-4-10(14)7-9/h2-4,7,14H,5-6,8H2,1H3,(H,13,15).